The van der Waals surface area contributed by atoms with Gasteiger partial charge in [0.25, 0.3) is 0 Å². The number of halogens is 1. The van der Waals surface area contributed by atoms with E-state index in [0.29, 0.717) is 6.42 Å². The number of rotatable bonds is 1. The van der Waals surface area contributed by atoms with E-state index in [-0.39, 0.29) is 17.6 Å². The van der Waals surface area contributed by atoms with E-state index in [1.807, 2.05) is 48.5 Å². The number of fused-ring (bicyclic) bond motifs is 1. The number of nitriles is 1. The average Bonchev–Trinajstić information content (AvgIpc) is 3.06. The molecule has 0 aliphatic heterocycles. The fourth-order valence-corrected chi connectivity index (χ4v) is 4.10. The van der Waals surface area contributed by atoms with Crippen LogP contribution in [0.2, 0.25) is 0 Å². The van der Waals surface area contributed by atoms with E-state index in [1.54, 1.807) is 0 Å². The summed E-state index contributed by atoms with van der Waals surface area (Å²) in [7, 11) is 0. The van der Waals surface area contributed by atoms with Gasteiger partial charge in [0.1, 0.15) is 0 Å². The lowest BCUT2D eigenvalue weighted by molar-refractivity contribution is 0.0908. The van der Waals surface area contributed by atoms with Crippen molar-refractivity contribution in [2.75, 3.05) is 0 Å². The SMILES string of the molecule is N#CC1C(c2ccc(Br)cc2)[C@]12Cc1ccccc1C2=O. The molecule has 0 saturated heterocycles. The Morgan fingerprint density at radius 2 is 1.86 bits per heavy atom. The van der Waals surface area contributed by atoms with E-state index < -0.39 is 5.41 Å². The van der Waals surface area contributed by atoms with Crippen LogP contribution in [0.4, 0.5) is 0 Å². The van der Waals surface area contributed by atoms with Crippen LogP contribution in [0, 0.1) is 22.7 Å². The largest absolute Gasteiger partial charge is 0.293 e. The number of benzene rings is 2. The van der Waals surface area contributed by atoms with Gasteiger partial charge in [-0.1, -0.05) is 52.3 Å². The Bertz CT molecular complexity index is 790. The molecule has 0 N–H and O–H groups in total. The monoisotopic (exact) mass is 337 g/mol. The highest BCUT2D eigenvalue weighted by Gasteiger charge is 2.72. The minimum atomic E-state index is -0.522. The van der Waals surface area contributed by atoms with Gasteiger partial charge in [-0.3, -0.25) is 4.79 Å². The van der Waals surface area contributed by atoms with Crippen LogP contribution >= 0.6 is 15.9 Å². The normalized spacial score (nSPS) is 29.2. The van der Waals surface area contributed by atoms with Gasteiger partial charge < -0.3 is 0 Å². The van der Waals surface area contributed by atoms with Crippen molar-refractivity contribution in [3.05, 3.63) is 69.7 Å². The average molecular weight is 338 g/mol. The lowest BCUT2D eigenvalue weighted by atomic mass is 9.94. The molecule has 2 unspecified atom stereocenters. The van der Waals surface area contributed by atoms with E-state index >= 15 is 0 Å². The summed E-state index contributed by atoms with van der Waals surface area (Å²) < 4.78 is 1.01. The molecule has 2 nitrogen and oxygen atoms in total. The van der Waals surface area contributed by atoms with Gasteiger partial charge in [-0.25, -0.2) is 0 Å². The van der Waals surface area contributed by atoms with Crippen molar-refractivity contribution < 1.29 is 4.79 Å². The minimum Gasteiger partial charge on any atom is -0.293 e. The number of hydrogen-bond acceptors (Lipinski definition) is 2. The topological polar surface area (TPSA) is 40.9 Å². The number of nitrogens with zero attached hydrogens (tertiary/aromatic N) is 1. The van der Waals surface area contributed by atoms with Gasteiger partial charge in [0.2, 0.25) is 0 Å². The quantitative estimate of drug-likeness (QED) is 0.785. The Morgan fingerprint density at radius 1 is 1.14 bits per heavy atom. The molecule has 3 heteroatoms. The third-order valence-corrected chi connectivity index (χ3v) is 5.40. The molecule has 0 amide bonds. The van der Waals surface area contributed by atoms with Crippen LogP contribution in [-0.4, -0.2) is 5.78 Å². The van der Waals surface area contributed by atoms with Crippen molar-refractivity contribution in [2.45, 2.75) is 12.3 Å². The molecule has 2 aliphatic carbocycles. The van der Waals surface area contributed by atoms with Gasteiger partial charge in [-0.2, -0.15) is 5.26 Å². The highest BCUT2D eigenvalue weighted by molar-refractivity contribution is 9.10. The van der Waals surface area contributed by atoms with E-state index in [9.17, 15) is 10.1 Å². The molecule has 2 aliphatic rings. The van der Waals surface area contributed by atoms with Crippen LogP contribution in [-0.2, 0) is 6.42 Å². The zero-order chi connectivity index (χ0) is 14.6. The van der Waals surface area contributed by atoms with Crippen LogP contribution in [0.3, 0.4) is 0 Å². The first-order valence-electron chi connectivity index (χ1n) is 6.96. The zero-order valence-electron chi connectivity index (χ0n) is 11.2. The summed E-state index contributed by atoms with van der Waals surface area (Å²) in [6.07, 6.45) is 0.695. The second-order valence-corrected chi connectivity index (χ2v) is 6.76. The van der Waals surface area contributed by atoms with Crippen molar-refractivity contribution in [1.82, 2.24) is 0 Å². The second kappa shape index (κ2) is 4.29. The van der Waals surface area contributed by atoms with E-state index in [0.717, 1.165) is 21.2 Å². The standard InChI is InChI=1S/C18H12BrNO/c19-13-7-5-11(6-8-13)16-15(10-20)18(16)9-12-3-1-2-4-14(12)17(18)21/h1-8,15-16H,9H2/t15?,16?,18-/m0/s1. The number of carbonyl (C=O) groups is 1. The Kier molecular flexibility index (Phi) is 2.61. The lowest BCUT2D eigenvalue weighted by Crippen LogP contribution is -2.14. The maximum atomic E-state index is 12.8. The number of hydrogen-bond donors (Lipinski definition) is 0. The number of carbonyl (C=O) groups excluding carboxylic acids is 1. The Labute approximate surface area is 131 Å². The molecule has 0 aromatic heterocycles. The first kappa shape index (κ1) is 12.8. The van der Waals surface area contributed by atoms with Crippen LogP contribution in [0.1, 0.15) is 27.4 Å². The van der Waals surface area contributed by atoms with Crippen molar-refractivity contribution >= 4 is 21.7 Å². The first-order chi connectivity index (χ1) is 10.2. The fraction of sp³-hybridized carbons (Fsp3) is 0.222. The van der Waals surface area contributed by atoms with Crippen LogP contribution < -0.4 is 0 Å². The predicted molar refractivity (Wildman–Crippen MR) is 82.9 cm³/mol. The first-order valence-corrected chi connectivity index (χ1v) is 7.75. The van der Waals surface area contributed by atoms with Gasteiger partial charge in [-0.05, 0) is 29.7 Å². The van der Waals surface area contributed by atoms with Crippen LogP contribution in [0.25, 0.3) is 0 Å². The molecular formula is C18H12BrNO. The minimum absolute atomic E-state index is 0.0236. The lowest BCUT2D eigenvalue weighted by Gasteiger charge is -2.07. The van der Waals surface area contributed by atoms with Crippen LogP contribution in [0.15, 0.2) is 53.0 Å². The number of ketones is 1. The van der Waals surface area contributed by atoms with Crippen molar-refractivity contribution in [3.8, 4) is 6.07 Å². The summed E-state index contributed by atoms with van der Waals surface area (Å²) in [5.41, 5.74) is 2.46. The molecule has 3 atom stereocenters. The number of Topliss-reactive ketones (excluding diaryl/α,β-unsaturated/α-hetero) is 1. The second-order valence-electron chi connectivity index (χ2n) is 5.84. The molecular weight excluding hydrogens is 326 g/mol. The Hall–Kier alpha value is -1.92. The molecule has 2 aromatic rings. The summed E-state index contributed by atoms with van der Waals surface area (Å²) in [4.78, 5) is 12.8. The maximum absolute atomic E-state index is 12.8. The molecule has 1 saturated carbocycles. The van der Waals surface area contributed by atoms with Crippen molar-refractivity contribution in [1.29, 1.82) is 5.26 Å². The van der Waals surface area contributed by atoms with Crippen molar-refractivity contribution in [2.24, 2.45) is 11.3 Å². The van der Waals surface area contributed by atoms with Gasteiger partial charge >= 0.3 is 0 Å². The molecule has 1 spiro atoms. The Balaban J connectivity index is 1.78. The highest BCUT2D eigenvalue weighted by atomic mass is 79.9. The molecule has 0 bridgehead atoms. The van der Waals surface area contributed by atoms with Gasteiger partial charge in [0.15, 0.2) is 5.78 Å². The predicted octanol–water partition coefficient (Wildman–Crippen LogP) is 4.11. The molecule has 102 valence electrons. The molecule has 2 aromatic carbocycles. The van der Waals surface area contributed by atoms with Crippen molar-refractivity contribution in [3.63, 3.8) is 0 Å². The summed E-state index contributed by atoms with van der Waals surface area (Å²) in [6.45, 7) is 0. The highest BCUT2D eigenvalue weighted by Crippen LogP contribution is 2.69. The smallest absolute Gasteiger partial charge is 0.171 e. The van der Waals surface area contributed by atoms with E-state index in [1.165, 1.54) is 0 Å². The Morgan fingerprint density at radius 3 is 2.52 bits per heavy atom. The summed E-state index contributed by atoms with van der Waals surface area (Å²) in [5.74, 6) is -0.0355. The van der Waals surface area contributed by atoms with Gasteiger partial charge in [0, 0.05) is 16.0 Å². The summed E-state index contributed by atoms with van der Waals surface area (Å²) >= 11 is 3.43. The van der Waals surface area contributed by atoms with E-state index in [4.69, 9.17) is 0 Å². The third kappa shape index (κ3) is 1.60. The fourth-order valence-electron chi connectivity index (χ4n) is 3.83. The summed E-state index contributed by atoms with van der Waals surface area (Å²) in [6, 6.07) is 18.1. The molecule has 4 rings (SSSR count). The third-order valence-electron chi connectivity index (χ3n) is 4.87. The van der Waals surface area contributed by atoms with Gasteiger partial charge in [-0.15, -0.1) is 0 Å². The molecule has 1 fully saturated rings. The molecule has 0 heterocycles. The van der Waals surface area contributed by atoms with Crippen LogP contribution in [0.5, 0.6) is 0 Å². The summed E-state index contributed by atoms with van der Waals surface area (Å²) in [5, 5.41) is 9.50. The molecule has 21 heavy (non-hydrogen) atoms. The maximum Gasteiger partial charge on any atom is 0.171 e. The van der Waals surface area contributed by atoms with Gasteiger partial charge in [0.05, 0.1) is 17.4 Å². The van der Waals surface area contributed by atoms with E-state index in [2.05, 4.69) is 22.0 Å². The molecule has 0 radical (unpaired) electrons. The zero-order valence-corrected chi connectivity index (χ0v) is 12.8.